The van der Waals surface area contributed by atoms with Crippen LogP contribution in [0.2, 0.25) is 0 Å². The number of piperidine rings is 1. The Morgan fingerprint density at radius 1 is 1.30 bits per heavy atom. The maximum Gasteiger partial charge on any atom is 0.107 e. The molecule has 5 nitrogen and oxygen atoms in total. The Morgan fingerprint density at radius 3 is 2.96 bits per heavy atom. The summed E-state index contributed by atoms with van der Waals surface area (Å²) in [5, 5.41) is 4.33. The van der Waals surface area contributed by atoms with Crippen LogP contribution in [0.1, 0.15) is 39.3 Å². The van der Waals surface area contributed by atoms with E-state index in [-0.39, 0.29) is 0 Å². The summed E-state index contributed by atoms with van der Waals surface area (Å²) >= 11 is 0. The average molecular weight is 313 g/mol. The lowest BCUT2D eigenvalue weighted by molar-refractivity contribution is 0.139. The van der Waals surface area contributed by atoms with Crippen molar-refractivity contribution in [1.29, 1.82) is 0 Å². The maximum absolute atomic E-state index is 4.85. The molecule has 1 fully saturated rings. The molecule has 3 heterocycles. The monoisotopic (exact) mass is 313 g/mol. The first-order chi connectivity index (χ1) is 11.2. The molecule has 0 amide bonds. The van der Waals surface area contributed by atoms with E-state index < -0.39 is 0 Å². The highest BCUT2D eigenvalue weighted by Gasteiger charge is 2.22. The van der Waals surface area contributed by atoms with Crippen LogP contribution in [0.25, 0.3) is 11.4 Å². The molecular formula is C18H27N5. The predicted octanol–water partition coefficient (Wildman–Crippen LogP) is 3.02. The fourth-order valence-corrected chi connectivity index (χ4v) is 3.46. The van der Waals surface area contributed by atoms with Gasteiger partial charge in [-0.15, -0.1) is 0 Å². The van der Waals surface area contributed by atoms with Crippen molar-refractivity contribution >= 4 is 0 Å². The topological polar surface area (TPSA) is 46.8 Å². The Labute approximate surface area is 138 Å². The summed E-state index contributed by atoms with van der Waals surface area (Å²) in [6, 6.07) is 2.65. The lowest BCUT2D eigenvalue weighted by Gasteiger charge is -2.35. The third-order valence-corrected chi connectivity index (χ3v) is 4.74. The number of likely N-dealkylation sites (tertiary alicyclic amines) is 1. The van der Waals surface area contributed by atoms with Crippen molar-refractivity contribution < 1.29 is 0 Å². The van der Waals surface area contributed by atoms with Crippen molar-refractivity contribution in [2.45, 2.75) is 52.6 Å². The molecule has 0 saturated carbocycles. The van der Waals surface area contributed by atoms with Crippen LogP contribution in [0.3, 0.4) is 0 Å². The van der Waals surface area contributed by atoms with E-state index in [1.54, 1.807) is 0 Å². The van der Waals surface area contributed by atoms with Crippen LogP contribution in [-0.2, 0) is 13.0 Å². The smallest absolute Gasteiger partial charge is 0.107 e. The summed E-state index contributed by atoms with van der Waals surface area (Å²) in [4.78, 5) is 11.8. The van der Waals surface area contributed by atoms with Crippen molar-refractivity contribution in [3.05, 3.63) is 30.4 Å². The summed E-state index contributed by atoms with van der Waals surface area (Å²) in [5.41, 5.74) is 3.08. The number of aromatic nitrogens is 4. The van der Waals surface area contributed by atoms with Gasteiger partial charge in [-0.05, 0) is 58.6 Å². The third-order valence-electron chi connectivity index (χ3n) is 4.74. The quantitative estimate of drug-likeness (QED) is 0.851. The van der Waals surface area contributed by atoms with Crippen LogP contribution in [-0.4, -0.2) is 43.8 Å². The van der Waals surface area contributed by atoms with E-state index in [1.165, 1.54) is 25.9 Å². The lowest BCUT2D eigenvalue weighted by Crippen LogP contribution is -2.40. The molecule has 2 aromatic heterocycles. The van der Waals surface area contributed by atoms with Gasteiger partial charge in [0.25, 0.3) is 0 Å². The highest BCUT2D eigenvalue weighted by Crippen LogP contribution is 2.23. The molecule has 2 aromatic rings. The van der Waals surface area contributed by atoms with Crippen molar-refractivity contribution in [2.75, 3.05) is 13.1 Å². The van der Waals surface area contributed by atoms with Gasteiger partial charge >= 0.3 is 0 Å². The number of rotatable bonds is 5. The molecule has 0 bridgehead atoms. The van der Waals surface area contributed by atoms with E-state index in [0.29, 0.717) is 12.0 Å². The van der Waals surface area contributed by atoms with Crippen LogP contribution in [0.15, 0.2) is 24.7 Å². The standard InChI is InChI=1S/C18H27N5/c1-4-23-18(7-8-20-23)17-12-19-11-16(21-17)10-15-6-5-9-22(13-15)14(2)3/h7-8,11-12,14-15H,4-6,9-10,13H2,1-3H3/t15-/m1/s1. The number of aryl methyl sites for hydroxylation is 1. The average Bonchev–Trinajstić information content (AvgIpc) is 3.04. The molecule has 1 atom stereocenters. The molecule has 0 aromatic carbocycles. The minimum atomic E-state index is 0.633. The van der Waals surface area contributed by atoms with Gasteiger partial charge in [-0.25, -0.2) is 4.98 Å². The summed E-state index contributed by atoms with van der Waals surface area (Å²) in [6.45, 7) is 9.92. The fraction of sp³-hybridized carbons (Fsp3) is 0.611. The van der Waals surface area contributed by atoms with Gasteiger partial charge in [0.15, 0.2) is 0 Å². The zero-order valence-corrected chi connectivity index (χ0v) is 14.4. The molecule has 3 rings (SSSR count). The Hall–Kier alpha value is -1.75. The first-order valence-electron chi connectivity index (χ1n) is 8.74. The first kappa shape index (κ1) is 16.1. The molecule has 0 N–H and O–H groups in total. The van der Waals surface area contributed by atoms with E-state index >= 15 is 0 Å². The zero-order valence-electron chi connectivity index (χ0n) is 14.4. The fourth-order valence-electron chi connectivity index (χ4n) is 3.46. The molecule has 1 aliphatic rings. The van der Waals surface area contributed by atoms with E-state index in [4.69, 9.17) is 4.98 Å². The van der Waals surface area contributed by atoms with Gasteiger partial charge in [-0.2, -0.15) is 5.10 Å². The van der Waals surface area contributed by atoms with Crippen LogP contribution in [0, 0.1) is 5.92 Å². The first-order valence-corrected chi connectivity index (χ1v) is 8.74. The zero-order chi connectivity index (χ0) is 16.2. The molecule has 5 heteroatoms. The molecule has 0 radical (unpaired) electrons. The van der Waals surface area contributed by atoms with E-state index in [1.807, 2.05) is 29.3 Å². The van der Waals surface area contributed by atoms with Crippen LogP contribution in [0.5, 0.6) is 0 Å². The van der Waals surface area contributed by atoms with E-state index in [2.05, 4.69) is 35.8 Å². The molecule has 1 aliphatic heterocycles. The minimum Gasteiger partial charge on any atom is -0.301 e. The lowest BCUT2D eigenvalue weighted by atomic mass is 9.93. The second-order valence-corrected chi connectivity index (χ2v) is 6.73. The van der Waals surface area contributed by atoms with E-state index in [9.17, 15) is 0 Å². The number of hydrogen-bond acceptors (Lipinski definition) is 4. The Morgan fingerprint density at radius 2 is 2.17 bits per heavy atom. The molecule has 0 aliphatic carbocycles. The third kappa shape index (κ3) is 3.78. The van der Waals surface area contributed by atoms with Gasteiger partial charge in [0, 0.05) is 31.5 Å². The van der Waals surface area contributed by atoms with Crippen LogP contribution < -0.4 is 0 Å². The van der Waals surface area contributed by atoms with Gasteiger partial charge in [-0.1, -0.05) is 0 Å². The molecule has 0 spiro atoms. The van der Waals surface area contributed by atoms with E-state index in [0.717, 1.165) is 30.0 Å². The van der Waals surface area contributed by atoms with Crippen molar-refractivity contribution in [3.8, 4) is 11.4 Å². The summed E-state index contributed by atoms with van der Waals surface area (Å²) in [7, 11) is 0. The van der Waals surface area contributed by atoms with Crippen LogP contribution in [0.4, 0.5) is 0 Å². The van der Waals surface area contributed by atoms with Gasteiger partial charge in [0.2, 0.25) is 0 Å². The second-order valence-electron chi connectivity index (χ2n) is 6.73. The highest BCUT2D eigenvalue weighted by molar-refractivity contribution is 5.52. The Bertz CT molecular complexity index is 634. The molecule has 0 unspecified atom stereocenters. The largest absolute Gasteiger partial charge is 0.301 e. The molecule has 1 saturated heterocycles. The van der Waals surface area contributed by atoms with Crippen molar-refractivity contribution in [1.82, 2.24) is 24.6 Å². The second kappa shape index (κ2) is 7.21. The number of hydrogen-bond donors (Lipinski definition) is 0. The molecule has 23 heavy (non-hydrogen) atoms. The van der Waals surface area contributed by atoms with Gasteiger partial charge in [0.1, 0.15) is 5.69 Å². The SMILES string of the molecule is CCn1nccc1-c1cncc(C[C@H]2CCCN(C(C)C)C2)n1. The summed E-state index contributed by atoms with van der Waals surface area (Å²) in [5.74, 6) is 0.687. The van der Waals surface area contributed by atoms with Gasteiger partial charge in [-0.3, -0.25) is 9.67 Å². The molecular weight excluding hydrogens is 286 g/mol. The maximum atomic E-state index is 4.85. The van der Waals surface area contributed by atoms with Gasteiger partial charge in [0.05, 0.1) is 17.6 Å². The number of nitrogens with zero attached hydrogens (tertiary/aromatic N) is 5. The Kier molecular flexibility index (Phi) is 5.06. The molecule has 124 valence electrons. The van der Waals surface area contributed by atoms with Crippen LogP contribution >= 0.6 is 0 Å². The van der Waals surface area contributed by atoms with Crippen molar-refractivity contribution in [3.63, 3.8) is 0 Å². The summed E-state index contributed by atoms with van der Waals surface area (Å²) < 4.78 is 1.97. The summed E-state index contributed by atoms with van der Waals surface area (Å²) in [6.07, 6.45) is 9.19. The predicted molar refractivity (Wildman–Crippen MR) is 92.1 cm³/mol. The Balaban J connectivity index is 1.73. The van der Waals surface area contributed by atoms with Crippen molar-refractivity contribution in [2.24, 2.45) is 5.92 Å². The minimum absolute atomic E-state index is 0.633. The normalized spacial score (nSPS) is 19.4. The van der Waals surface area contributed by atoms with Gasteiger partial charge < -0.3 is 4.90 Å². The highest BCUT2D eigenvalue weighted by atomic mass is 15.3.